The number of methoxy groups -OCH3 is 1. The summed E-state index contributed by atoms with van der Waals surface area (Å²) in [6.07, 6.45) is 1.55. The first-order valence-corrected chi connectivity index (χ1v) is 7.50. The molecule has 0 amide bonds. The fraction of sp³-hybridized carbons (Fsp3) is 0.500. The lowest BCUT2D eigenvalue weighted by molar-refractivity contribution is -0.136. The Balaban J connectivity index is 2.97. The molecule has 1 N–H and O–H groups in total. The van der Waals surface area contributed by atoms with Crippen molar-refractivity contribution in [1.29, 1.82) is 0 Å². The highest BCUT2D eigenvalue weighted by molar-refractivity contribution is 7.90. The molecule has 0 aliphatic rings. The zero-order valence-corrected chi connectivity index (χ0v) is 12.2. The van der Waals surface area contributed by atoms with Crippen molar-refractivity contribution < 1.29 is 23.1 Å². The topological polar surface area (TPSA) is 96.8 Å². The Bertz CT molecular complexity index is 532. The van der Waals surface area contributed by atoms with Crippen molar-refractivity contribution in [2.75, 3.05) is 20.3 Å². The van der Waals surface area contributed by atoms with Crippen LogP contribution in [-0.4, -0.2) is 54.3 Å². The summed E-state index contributed by atoms with van der Waals surface area (Å²) in [7, 11) is -2.51. The molecule has 20 heavy (non-hydrogen) atoms. The SMILES string of the molecule is COCCN(Cc1ccccn1)S(=O)(=O)C(C)C(=O)O. The smallest absolute Gasteiger partial charge is 0.323 e. The van der Waals surface area contributed by atoms with Crippen LogP contribution >= 0.6 is 0 Å². The molecule has 1 aromatic heterocycles. The van der Waals surface area contributed by atoms with E-state index < -0.39 is 21.2 Å². The van der Waals surface area contributed by atoms with Crippen molar-refractivity contribution in [1.82, 2.24) is 9.29 Å². The first kappa shape index (κ1) is 16.5. The van der Waals surface area contributed by atoms with Crippen LogP contribution in [0.2, 0.25) is 0 Å². The first-order chi connectivity index (χ1) is 9.39. The summed E-state index contributed by atoms with van der Waals surface area (Å²) in [6, 6.07) is 5.14. The Kier molecular flexibility index (Phi) is 6.05. The van der Waals surface area contributed by atoms with Crippen LogP contribution in [0.4, 0.5) is 0 Å². The van der Waals surface area contributed by atoms with Gasteiger partial charge in [0.25, 0.3) is 0 Å². The average Bonchev–Trinajstić information content (AvgIpc) is 2.43. The van der Waals surface area contributed by atoms with Gasteiger partial charge in [-0.3, -0.25) is 9.78 Å². The molecule has 0 bridgehead atoms. The number of rotatable bonds is 8. The Morgan fingerprint density at radius 2 is 2.20 bits per heavy atom. The first-order valence-electron chi connectivity index (χ1n) is 6.00. The average molecular weight is 302 g/mol. The van der Waals surface area contributed by atoms with E-state index in [1.54, 1.807) is 24.4 Å². The van der Waals surface area contributed by atoms with E-state index in [0.717, 1.165) is 11.2 Å². The van der Waals surface area contributed by atoms with Gasteiger partial charge in [-0.05, 0) is 19.1 Å². The minimum Gasteiger partial charge on any atom is -0.480 e. The van der Waals surface area contributed by atoms with Crippen LogP contribution < -0.4 is 0 Å². The van der Waals surface area contributed by atoms with Crippen LogP contribution in [0.5, 0.6) is 0 Å². The summed E-state index contributed by atoms with van der Waals surface area (Å²) < 4.78 is 30.4. The monoisotopic (exact) mass is 302 g/mol. The lowest BCUT2D eigenvalue weighted by Crippen LogP contribution is -2.42. The number of nitrogens with zero attached hydrogens (tertiary/aromatic N) is 2. The van der Waals surface area contributed by atoms with Gasteiger partial charge in [0.2, 0.25) is 10.0 Å². The van der Waals surface area contributed by atoms with Crippen molar-refractivity contribution in [3.05, 3.63) is 30.1 Å². The normalized spacial score (nSPS) is 13.3. The molecule has 0 fully saturated rings. The Labute approximate surface area is 118 Å². The van der Waals surface area contributed by atoms with Crippen LogP contribution in [0.25, 0.3) is 0 Å². The van der Waals surface area contributed by atoms with Crippen molar-refractivity contribution in [2.24, 2.45) is 0 Å². The third-order valence-corrected chi connectivity index (χ3v) is 4.89. The maximum atomic E-state index is 12.2. The van der Waals surface area contributed by atoms with Gasteiger partial charge in [-0.1, -0.05) is 6.07 Å². The van der Waals surface area contributed by atoms with E-state index in [4.69, 9.17) is 9.84 Å². The summed E-state index contributed by atoms with van der Waals surface area (Å²) in [5, 5.41) is 7.39. The molecule has 1 unspecified atom stereocenters. The highest BCUT2D eigenvalue weighted by atomic mass is 32.2. The van der Waals surface area contributed by atoms with Crippen molar-refractivity contribution in [2.45, 2.75) is 18.7 Å². The van der Waals surface area contributed by atoms with Gasteiger partial charge < -0.3 is 9.84 Å². The maximum absolute atomic E-state index is 12.2. The molecule has 0 saturated carbocycles. The minimum absolute atomic E-state index is 0.0180. The second-order valence-electron chi connectivity index (χ2n) is 4.17. The number of aliphatic carboxylic acids is 1. The molecular formula is C12H18N2O5S. The fourth-order valence-electron chi connectivity index (χ4n) is 1.51. The molecule has 112 valence electrons. The predicted molar refractivity (Wildman–Crippen MR) is 72.5 cm³/mol. The number of ether oxygens (including phenoxy) is 1. The van der Waals surface area contributed by atoms with Crippen LogP contribution in [0.3, 0.4) is 0 Å². The molecule has 0 saturated heterocycles. The number of aromatic nitrogens is 1. The Morgan fingerprint density at radius 3 is 2.70 bits per heavy atom. The van der Waals surface area contributed by atoms with Gasteiger partial charge in [-0.15, -0.1) is 0 Å². The maximum Gasteiger partial charge on any atom is 0.323 e. The van der Waals surface area contributed by atoms with Crippen molar-refractivity contribution >= 4 is 16.0 Å². The number of carboxylic acid groups (broad SMARTS) is 1. The van der Waals surface area contributed by atoms with E-state index in [2.05, 4.69) is 4.98 Å². The number of carboxylic acids is 1. The number of hydrogen-bond donors (Lipinski definition) is 1. The van der Waals surface area contributed by atoms with Crippen molar-refractivity contribution in [3.8, 4) is 0 Å². The van der Waals surface area contributed by atoms with E-state index in [0.29, 0.717) is 5.69 Å². The molecule has 0 aromatic carbocycles. The quantitative estimate of drug-likeness (QED) is 0.743. The summed E-state index contributed by atoms with van der Waals surface area (Å²) in [4.78, 5) is 15.0. The van der Waals surface area contributed by atoms with E-state index in [1.165, 1.54) is 7.11 Å². The number of carbonyl (C=O) groups is 1. The Hall–Kier alpha value is -1.51. The number of hydrogen-bond acceptors (Lipinski definition) is 5. The largest absolute Gasteiger partial charge is 0.480 e. The zero-order valence-electron chi connectivity index (χ0n) is 11.4. The van der Waals surface area contributed by atoms with Gasteiger partial charge in [0.1, 0.15) is 0 Å². The third-order valence-electron chi connectivity index (χ3n) is 2.76. The van der Waals surface area contributed by atoms with Crippen molar-refractivity contribution in [3.63, 3.8) is 0 Å². The van der Waals surface area contributed by atoms with Crippen LogP contribution in [-0.2, 0) is 26.1 Å². The molecule has 7 nitrogen and oxygen atoms in total. The number of sulfonamides is 1. The molecule has 1 atom stereocenters. The second kappa shape index (κ2) is 7.32. The molecule has 1 heterocycles. The minimum atomic E-state index is -3.96. The van der Waals surface area contributed by atoms with Gasteiger partial charge in [0, 0.05) is 19.9 Å². The summed E-state index contributed by atoms with van der Waals surface area (Å²) in [6.45, 7) is 1.42. The van der Waals surface area contributed by atoms with Gasteiger partial charge in [-0.2, -0.15) is 4.31 Å². The zero-order chi connectivity index (χ0) is 15.2. The molecule has 8 heteroatoms. The van der Waals surface area contributed by atoms with E-state index in [-0.39, 0.29) is 19.7 Å². The molecule has 0 aliphatic heterocycles. The predicted octanol–water partition coefficient (Wildman–Crippen LogP) is 0.333. The van der Waals surface area contributed by atoms with Crippen LogP contribution in [0.1, 0.15) is 12.6 Å². The van der Waals surface area contributed by atoms with Gasteiger partial charge in [-0.25, -0.2) is 8.42 Å². The number of pyridine rings is 1. The standard InChI is InChI=1S/C12H18N2O5S/c1-10(12(15)16)20(17,18)14(7-8-19-2)9-11-5-3-4-6-13-11/h3-6,10H,7-9H2,1-2H3,(H,15,16). The summed E-state index contributed by atoms with van der Waals surface area (Å²) >= 11 is 0. The van der Waals surface area contributed by atoms with Gasteiger partial charge in [0.15, 0.2) is 5.25 Å². The van der Waals surface area contributed by atoms with E-state index in [9.17, 15) is 13.2 Å². The van der Waals surface area contributed by atoms with Gasteiger partial charge >= 0.3 is 5.97 Å². The highest BCUT2D eigenvalue weighted by Gasteiger charge is 2.33. The van der Waals surface area contributed by atoms with Gasteiger partial charge in [0.05, 0.1) is 18.8 Å². The Morgan fingerprint density at radius 1 is 1.50 bits per heavy atom. The van der Waals surface area contributed by atoms with Crippen LogP contribution in [0.15, 0.2) is 24.4 Å². The molecule has 1 aromatic rings. The lowest BCUT2D eigenvalue weighted by Gasteiger charge is -2.23. The lowest BCUT2D eigenvalue weighted by atomic mass is 10.3. The van der Waals surface area contributed by atoms with E-state index in [1.807, 2.05) is 0 Å². The highest BCUT2D eigenvalue weighted by Crippen LogP contribution is 2.13. The van der Waals surface area contributed by atoms with E-state index >= 15 is 0 Å². The third kappa shape index (κ3) is 4.26. The fourth-order valence-corrected chi connectivity index (χ4v) is 2.86. The van der Waals surface area contributed by atoms with Crippen LogP contribution in [0, 0.1) is 0 Å². The second-order valence-corrected chi connectivity index (χ2v) is 6.43. The molecule has 0 aliphatic carbocycles. The molecule has 1 rings (SSSR count). The molecular weight excluding hydrogens is 284 g/mol. The molecule has 0 radical (unpaired) electrons. The molecule has 0 spiro atoms. The summed E-state index contributed by atoms with van der Waals surface area (Å²) in [5.74, 6) is -1.38. The summed E-state index contributed by atoms with van der Waals surface area (Å²) in [5.41, 5.74) is 0.546.